The molecule has 1 amide bonds. The minimum Gasteiger partial charge on any atom is -0.471 e. The van der Waals surface area contributed by atoms with Crippen LogP contribution in [0.4, 0.5) is 0 Å². The van der Waals surface area contributed by atoms with E-state index in [0.29, 0.717) is 5.69 Å². The summed E-state index contributed by atoms with van der Waals surface area (Å²) < 4.78 is 7.05. The van der Waals surface area contributed by atoms with Crippen molar-refractivity contribution < 1.29 is 9.53 Å². The maximum absolute atomic E-state index is 11.3. The first-order chi connectivity index (χ1) is 8.29. The highest BCUT2D eigenvalue weighted by atomic mass is 16.5. The smallest absolute Gasteiger partial charge is 0.271 e. The molecule has 0 aliphatic rings. The van der Waals surface area contributed by atoms with Crippen LogP contribution in [-0.4, -0.2) is 22.7 Å². The number of aromatic nitrogens is 2. The van der Waals surface area contributed by atoms with E-state index in [1.807, 2.05) is 30.3 Å². The maximum Gasteiger partial charge on any atom is 0.271 e. The zero-order valence-electron chi connectivity index (χ0n) is 9.46. The number of carbonyl (C=O) groups is 1. The average molecular weight is 231 g/mol. The van der Waals surface area contributed by atoms with Crippen LogP contribution in [0.1, 0.15) is 10.5 Å². The molecule has 1 aromatic heterocycles. The first-order valence-corrected chi connectivity index (χ1v) is 5.23. The highest BCUT2D eigenvalue weighted by Gasteiger charge is 2.06. The van der Waals surface area contributed by atoms with E-state index >= 15 is 0 Å². The fourth-order valence-corrected chi connectivity index (χ4v) is 1.34. The summed E-state index contributed by atoms with van der Waals surface area (Å²) >= 11 is 0. The molecule has 2 rings (SSSR count). The number of hydrogen-bond acceptors (Lipinski definition) is 3. The van der Waals surface area contributed by atoms with Crippen molar-refractivity contribution in [2.45, 2.75) is 6.73 Å². The summed E-state index contributed by atoms with van der Waals surface area (Å²) in [7, 11) is 1.57. The summed E-state index contributed by atoms with van der Waals surface area (Å²) in [5.41, 5.74) is 0.379. The van der Waals surface area contributed by atoms with Crippen molar-refractivity contribution in [3.63, 3.8) is 0 Å². The molecule has 0 aliphatic heterocycles. The van der Waals surface area contributed by atoms with Crippen molar-refractivity contribution >= 4 is 5.91 Å². The summed E-state index contributed by atoms with van der Waals surface area (Å²) in [6, 6.07) is 11.1. The van der Waals surface area contributed by atoms with Crippen molar-refractivity contribution in [1.82, 2.24) is 15.1 Å². The third-order valence-corrected chi connectivity index (χ3v) is 2.21. The van der Waals surface area contributed by atoms with Crippen LogP contribution < -0.4 is 10.1 Å². The van der Waals surface area contributed by atoms with E-state index in [2.05, 4.69) is 10.4 Å². The van der Waals surface area contributed by atoms with Gasteiger partial charge in [-0.25, -0.2) is 4.68 Å². The third kappa shape index (κ3) is 2.84. The molecule has 5 heteroatoms. The number of carbonyl (C=O) groups excluding carboxylic acids is 1. The molecular formula is C12H13N3O2. The molecule has 0 aliphatic carbocycles. The van der Waals surface area contributed by atoms with Gasteiger partial charge in [0, 0.05) is 13.2 Å². The predicted molar refractivity (Wildman–Crippen MR) is 62.7 cm³/mol. The molecule has 17 heavy (non-hydrogen) atoms. The highest BCUT2D eigenvalue weighted by molar-refractivity contribution is 5.91. The Morgan fingerprint density at radius 1 is 1.35 bits per heavy atom. The number of benzene rings is 1. The molecule has 1 heterocycles. The molecule has 0 fully saturated rings. The minimum absolute atomic E-state index is 0.205. The lowest BCUT2D eigenvalue weighted by molar-refractivity contribution is 0.0956. The van der Waals surface area contributed by atoms with Gasteiger partial charge in [0.1, 0.15) is 11.4 Å². The summed E-state index contributed by atoms with van der Waals surface area (Å²) in [5, 5.41) is 6.59. The molecule has 0 saturated heterocycles. The summed E-state index contributed by atoms with van der Waals surface area (Å²) in [4.78, 5) is 11.3. The van der Waals surface area contributed by atoms with Gasteiger partial charge in [-0.1, -0.05) is 18.2 Å². The highest BCUT2D eigenvalue weighted by Crippen LogP contribution is 2.08. The van der Waals surface area contributed by atoms with Crippen LogP contribution in [-0.2, 0) is 6.73 Å². The van der Waals surface area contributed by atoms with Gasteiger partial charge in [0.15, 0.2) is 6.73 Å². The molecular weight excluding hydrogens is 218 g/mol. The van der Waals surface area contributed by atoms with E-state index in [1.165, 1.54) is 0 Å². The normalized spacial score (nSPS) is 9.94. The molecule has 0 saturated carbocycles. The van der Waals surface area contributed by atoms with Crippen LogP contribution in [0.25, 0.3) is 0 Å². The quantitative estimate of drug-likeness (QED) is 0.862. The van der Waals surface area contributed by atoms with E-state index in [1.54, 1.807) is 24.0 Å². The molecule has 0 radical (unpaired) electrons. The fourth-order valence-electron chi connectivity index (χ4n) is 1.34. The van der Waals surface area contributed by atoms with Crippen molar-refractivity contribution in [1.29, 1.82) is 0 Å². The molecule has 0 spiro atoms. The maximum atomic E-state index is 11.3. The van der Waals surface area contributed by atoms with E-state index in [4.69, 9.17) is 4.74 Å². The predicted octanol–water partition coefficient (Wildman–Crippen LogP) is 1.28. The molecule has 0 atom stereocenters. The second-order valence-electron chi connectivity index (χ2n) is 3.41. The van der Waals surface area contributed by atoms with Crippen molar-refractivity contribution in [2.24, 2.45) is 0 Å². The van der Waals surface area contributed by atoms with Gasteiger partial charge in [-0.3, -0.25) is 4.79 Å². The van der Waals surface area contributed by atoms with Gasteiger partial charge in [0.05, 0.1) is 0 Å². The lowest BCUT2D eigenvalue weighted by atomic mass is 10.3. The number of nitrogens with zero attached hydrogens (tertiary/aromatic N) is 2. The number of para-hydroxylation sites is 1. The SMILES string of the molecule is CNC(=O)c1ccn(COc2ccccc2)n1. The average Bonchev–Trinajstić information content (AvgIpc) is 2.85. The van der Waals surface area contributed by atoms with E-state index < -0.39 is 0 Å². The summed E-state index contributed by atoms with van der Waals surface area (Å²) in [6.45, 7) is 0.279. The van der Waals surface area contributed by atoms with Gasteiger partial charge >= 0.3 is 0 Å². The van der Waals surface area contributed by atoms with Crippen molar-refractivity contribution in [2.75, 3.05) is 7.05 Å². The second kappa shape index (κ2) is 5.16. The van der Waals surface area contributed by atoms with Crippen LogP contribution in [0.2, 0.25) is 0 Å². The van der Waals surface area contributed by atoms with Gasteiger partial charge in [0.2, 0.25) is 0 Å². The lowest BCUT2D eigenvalue weighted by Crippen LogP contribution is -2.19. The number of ether oxygens (including phenoxy) is 1. The van der Waals surface area contributed by atoms with Crippen LogP contribution in [0.15, 0.2) is 42.6 Å². The number of rotatable bonds is 4. The molecule has 0 bridgehead atoms. The Bertz CT molecular complexity index is 493. The van der Waals surface area contributed by atoms with Crippen LogP contribution in [0.5, 0.6) is 5.75 Å². The van der Waals surface area contributed by atoms with Gasteiger partial charge in [-0.2, -0.15) is 5.10 Å². The van der Waals surface area contributed by atoms with Gasteiger partial charge < -0.3 is 10.1 Å². The van der Waals surface area contributed by atoms with Crippen LogP contribution in [0, 0.1) is 0 Å². The zero-order valence-corrected chi connectivity index (χ0v) is 9.46. The molecule has 1 N–H and O–H groups in total. The largest absolute Gasteiger partial charge is 0.471 e. The standard InChI is InChI=1S/C12H13N3O2/c1-13-12(16)11-7-8-15(14-11)9-17-10-5-3-2-4-6-10/h2-8H,9H2,1H3,(H,13,16). The monoisotopic (exact) mass is 231 g/mol. The first kappa shape index (κ1) is 11.2. The van der Waals surface area contributed by atoms with Crippen molar-refractivity contribution in [3.05, 3.63) is 48.3 Å². The Morgan fingerprint density at radius 3 is 2.82 bits per heavy atom. The molecule has 88 valence electrons. The number of amides is 1. The van der Waals surface area contributed by atoms with Crippen molar-refractivity contribution in [3.8, 4) is 5.75 Å². The molecule has 0 unspecified atom stereocenters. The third-order valence-electron chi connectivity index (χ3n) is 2.21. The Labute approximate surface area is 99.0 Å². The molecule has 5 nitrogen and oxygen atoms in total. The van der Waals surface area contributed by atoms with E-state index in [9.17, 15) is 4.79 Å². The van der Waals surface area contributed by atoms with E-state index in [-0.39, 0.29) is 12.6 Å². The fraction of sp³-hybridized carbons (Fsp3) is 0.167. The Kier molecular flexibility index (Phi) is 3.40. The zero-order chi connectivity index (χ0) is 12.1. The van der Waals surface area contributed by atoms with Gasteiger partial charge in [-0.05, 0) is 18.2 Å². The summed E-state index contributed by atoms with van der Waals surface area (Å²) in [5.74, 6) is 0.563. The lowest BCUT2D eigenvalue weighted by Gasteiger charge is -2.05. The van der Waals surface area contributed by atoms with Crippen LogP contribution in [0.3, 0.4) is 0 Å². The molecule has 2 aromatic rings. The Morgan fingerprint density at radius 2 is 2.12 bits per heavy atom. The second-order valence-corrected chi connectivity index (χ2v) is 3.41. The topological polar surface area (TPSA) is 56.2 Å². The Hall–Kier alpha value is -2.30. The van der Waals surface area contributed by atoms with Crippen LogP contribution >= 0.6 is 0 Å². The Balaban J connectivity index is 1.96. The van der Waals surface area contributed by atoms with Gasteiger partial charge in [-0.15, -0.1) is 0 Å². The minimum atomic E-state index is -0.205. The van der Waals surface area contributed by atoms with Gasteiger partial charge in [0.25, 0.3) is 5.91 Å². The number of hydrogen-bond donors (Lipinski definition) is 1. The molecule has 1 aromatic carbocycles. The van der Waals surface area contributed by atoms with E-state index in [0.717, 1.165) is 5.75 Å². The number of nitrogens with one attached hydrogen (secondary N) is 1. The first-order valence-electron chi connectivity index (χ1n) is 5.23. The summed E-state index contributed by atoms with van der Waals surface area (Å²) in [6.07, 6.45) is 1.70.